The molecule has 4 heterocycles. The maximum atomic E-state index is 8.35. The van der Waals surface area contributed by atoms with Gasteiger partial charge in [0, 0.05) is 1.43 Å². The van der Waals surface area contributed by atoms with E-state index in [1.165, 1.54) is 25.7 Å². The van der Waals surface area contributed by atoms with Gasteiger partial charge < -0.3 is 51.6 Å². The van der Waals surface area contributed by atoms with Gasteiger partial charge in [-0.05, 0) is 103 Å². The van der Waals surface area contributed by atoms with Crippen molar-refractivity contribution in [2.45, 2.75) is 139 Å². The van der Waals surface area contributed by atoms with Crippen LogP contribution in [0.3, 0.4) is 0 Å². The third kappa shape index (κ3) is 17.8. The molecule has 0 bridgehead atoms. The molecule has 0 aromatic rings. The van der Waals surface area contributed by atoms with E-state index in [9.17, 15) is 0 Å². The molecule has 250 valence electrons. The molecule has 4 aliphatic heterocycles. The van der Waals surface area contributed by atoms with Gasteiger partial charge in [0.1, 0.15) is 12.2 Å². The van der Waals surface area contributed by atoms with Crippen molar-refractivity contribution in [2.75, 3.05) is 39.3 Å². The van der Waals surface area contributed by atoms with E-state index in [4.69, 9.17) is 65.6 Å². The molecule has 0 aromatic carbocycles. The van der Waals surface area contributed by atoms with Crippen LogP contribution < -0.4 is 22.9 Å². The molecule has 0 amide bonds. The monoisotopic (exact) mass is 618 g/mol. The van der Waals surface area contributed by atoms with Crippen LogP contribution >= 0.6 is 0 Å². The second kappa shape index (κ2) is 25.9. The summed E-state index contributed by atoms with van der Waals surface area (Å²) in [5.74, 6) is 0. The molecular formula is C32H58N8O4. The Hall–Kier alpha value is -2.36. The molecular weight excluding hydrogens is 560 g/mol. The molecule has 0 aliphatic carbocycles. The molecule has 4 saturated heterocycles. The van der Waals surface area contributed by atoms with E-state index in [-0.39, 0.29) is 25.8 Å². The Kier molecular flexibility index (Phi) is 23.4. The molecule has 4 aliphatic rings. The topological polar surface area (TPSA) is 197 Å². The highest BCUT2D eigenvalue weighted by Crippen LogP contribution is 2.25. The van der Waals surface area contributed by atoms with Gasteiger partial charge in [0.15, 0.2) is 0 Å². The van der Waals surface area contributed by atoms with Crippen molar-refractivity contribution in [3.8, 4) is 12.1 Å². The van der Waals surface area contributed by atoms with E-state index in [1.807, 2.05) is 0 Å². The summed E-state index contributed by atoms with van der Waals surface area (Å²) in [6.45, 7) is 17.1. The van der Waals surface area contributed by atoms with Crippen LogP contribution in [0.15, 0.2) is 0 Å². The largest absolute Gasteiger partial charge is 0.375 e. The number of ether oxygens (including phenoxy) is 4. The van der Waals surface area contributed by atoms with E-state index >= 15 is 0 Å². The van der Waals surface area contributed by atoms with Gasteiger partial charge in [-0.3, -0.25) is 0 Å². The predicted octanol–water partition coefficient (Wildman–Crippen LogP) is 3.44. The molecule has 4 fully saturated rings. The first-order valence-corrected chi connectivity index (χ1v) is 16.3. The maximum absolute atomic E-state index is 8.35. The van der Waals surface area contributed by atoms with E-state index in [0.717, 1.165) is 77.5 Å². The second-order valence-electron chi connectivity index (χ2n) is 11.5. The SMILES string of the molecule is NCC[C@@H]1CC[C@@H](CCN)O1.NCC[C@@H]1CC[C@H](CCN)O1.[C-]#[N+]C[C@@H]1CC[C@@H](CC#N)O1.[C-]#[N+]C[C@@H]1CC[C@H](CC#N)O1.[HH]. The molecule has 0 saturated carbocycles. The summed E-state index contributed by atoms with van der Waals surface area (Å²) < 4.78 is 22.2. The van der Waals surface area contributed by atoms with E-state index < -0.39 is 0 Å². The lowest BCUT2D eigenvalue weighted by atomic mass is 10.1. The number of rotatable bonds is 12. The van der Waals surface area contributed by atoms with Gasteiger partial charge >= 0.3 is 0 Å². The third-order valence-corrected chi connectivity index (χ3v) is 7.96. The highest BCUT2D eigenvalue weighted by molar-refractivity contribution is 4.86. The fourth-order valence-corrected chi connectivity index (χ4v) is 5.69. The average Bonchev–Trinajstić information content (AvgIpc) is 3.82. The summed E-state index contributed by atoms with van der Waals surface area (Å²) in [7, 11) is 0. The van der Waals surface area contributed by atoms with Gasteiger partial charge in [-0.2, -0.15) is 10.5 Å². The molecule has 4 rings (SSSR count). The molecule has 0 aromatic heterocycles. The van der Waals surface area contributed by atoms with Crippen LogP contribution in [0.4, 0.5) is 0 Å². The molecule has 12 nitrogen and oxygen atoms in total. The molecule has 8 atom stereocenters. The molecule has 12 heteroatoms. The summed E-state index contributed by atoms with van der Waals surface area (Å²) in [5.41, 5.74) is 21.7. The molecule has 0 unspecified atom stereocenters. The Morgan fingerprint density at radius 3 is 1.00 bits per heavy atom. The van der Waals surface area contributed by atoms with Gasteiger partial charge in [0.2, 0.25) is 13.1 Å². The fraction of sp³-hybridized carbons (Fsp3) is 0.875. The second-order valence-corrected chi connectivity index (χ2v) is 11.5. The van der Waals surface area contributed by atoms with Crippen LogP contribution in [0.5, 0.6) is 0 Å². The van der Waals surface area contributed by atoms with Crippen LogP contribution in [0.1, 0.15) is 91.3 Å². The van der Waals surface area contributed by atoms with Gasteiger partial charge in [-0.15, -0.1) is 0 Å². The lowest BCUT2D eigenvalue weighted by Gasteiger charge is -2.11. The van der Waals surface area contributed by atoms with E-state index in [0.29, 0.717) is 50.3 Å². The Balaban J connectivity index is 0.000000569. The number of nitrogens with two attached hydrogens (primary N) is 4. The van der Waals surface area contributed by atoms with Gasteiger partial charge in [-0.25, -0.2) is 13.1 Å². The van der Waals surface area contributed by atoms with Gasteiger partial charge in [0.25, 0.3) is 0 Å². The summed E-state index contributed by atoms with van der Waals surface area (Å²) in [4.78, 5) is 6.51. The average molecular weight is 619 g/mol. The highest BCUT2D eigenvalue weighted by Gasteiger charge is 2.28. The first kappa shape index (κ1) is 39.7. The molecule has 8 N–H and O–H groups in total. The minimum absolute atomic E-state index is 0. The van der Waals surface area contributed by atoms with Crippen LogP contribution in [0, 0.1) is 35.8 Å². The van der Waals surface area contributed by atoms with Gasteiger partial charge in [-0.1, -0.05) is 0 Å². The number of nitrogens with zero attached hydrogens (tertiary/aromatic N) is 4. The smallest absolute Gasteiger partial charge is 0.240 e. The van der Waals surface area contributed by atoms with Crippen LogP contribution in [0.2, 0.25) is 0 Å². The predicted molar refractivity (Wildman–Crippen MR) is 172 cm³/mol. The van der Waals surface area contributed by atoms with Crippen LogP contribution in [-0.4, -0.2) is 88.1 Å². The quantitative estimate of drug-likeness (QED) is 0.235. The summed E-state index contributed by atoms with van der Waals surface area (Å²) >= 11 is 0. The fourth-order valence-electron chi connectivity index (χ4n) is 5.69. The zero-order valence-corrected chi connectivity index (χ0v) is 26.5. The van der Waals surface area contributed by atoms with Crippen LogP contribution in [0.25, 0.3) is 9.69 Å². The van der Waals surface area contributed by atoms with Crippen LogP contribution in [-0.2, 0) is 18.9 Å². The zero-order chi connectivity index (χ0) is 32.4. The number of nitriles is 2. The third-order valence-electron chi connectivity index (χ3n) is 7.96. The Bertz CT molecular complexity index is 766. The summed E-state index contributed by atoms with van der Waals surface area (Å²) in [6.07, 6.45) is 15.4. The highest BCUT2D eigenvalue weighted by atomic mass is 16.5. The van der Waals surface area contributed by atoms with Crippen molar-refractivity contribution >= 4 is 0 Å². The van der Waals surface area contributed by atoms with Gasteiger partial charge in [0.05, 0.1) is 61.6 Å². The normalized spacial score (nSPS) is 30.2. The summed E-state index contributed by atoms with van der Waals surface area (Å²) in [5, 5.41) is 16.7. The van der Waals surface area contributed by atoms with E-state index in [2.05, 4.69) is 21.8 Å². The zero-order valence-electron chi connectivity index (χ0n) is 26.5. The van der Waals surface area contributed by atoms with Crippen molar-refractivity contribution in [3.63, 3.8) is 0 Å². The Morgan fingerprint density at radius 2 is 0.750 bits per heavy atom. The minimum atomic E-state index is 0. The van der Waals surface area contributed by atoms with Crippen molar-refractivity contribution in [2.24, 2.45) is 22.9 Å². The maximum Gasteiger partial charge on any atom is 0.240 e. The van der Waals surface area contributed by atoms with Crippen molar-refractivity contribution < 1.29 is 20.4 Å². The summed E-state index contributed by atoms with van der Waals surface area (Å²) in [6, 6.07) is 4.14. The number of hydrogen-bond donors (Lipinski definition) is 4. The van der Waals surface area contributed by atoms with E-state index in [1.54, 1.807) is 0 Å². The molecule has 0 spiro atoms. The molecule has 0 radical (unpaired) electrons. The molecule has 44 heavy (non-hydrogen) atoms. The Labute approximate surface area is 266 Å². The van der Waals surface area contributed by atoms with Crippen molar-refractivity contribution in [1.29, 1.82) is 10.5 Å². The lowest BCUT2D eigenvalue weighted by Crippen LogP contribution is -2.17. The first-order chi connectivity index (χ1) is 21.5. The minimum Gasteiger partial charge on any atom is -0.375 e. The van der Waals surface area contributed by atoms with Crippen molar-refractivity contribution in [3.05, 3.63) is 22.8 Å². The van der Waals surface area contributed by atoms with Crippen molar-refractivity contribution in [1.82, 2.24) is 0 Å². The number of hydrogen-bond acceptors (Lipinski definition) is 10. The first-order valence-electron chi connectivity index (χ1n) is 16.3. The standard InChI is InChI=1S/2C8H10N2O.2C8H18N2O.H2/c2*1-10-6-8-3-2-7(11-8)4-5-9;2*9-5-3-7-1-2-8(11-7)4-6-10;/h2*7-8H,2-4,6H2;2*7-8H,1-6,9-10H2;1H/t7-,8+;7-,8-;7-,8+;7-,8-;/m10.0./s1. The Morgan fingerprint density at radius 1 is 0.500 bits per heavy atom. The lowest BCUT2D eigenvalue weighted by molar-refractivity contribution is 0.0387.